The van der Waals surface area contributed by atoms with Gasteiger partial charge in [0.25, 0.3) is 0 Å². The standard InChI is InChI=1S/C8H15ClN2O4S/c1-2-15-8(12)10-3-5-11(6-4-10)16(13,14)7-9/h2-7H2,1H3. The molecule has 0 spiro atoms. The van der Waals surface area contributed by atoms with Gasteiger partial charge >= 0.3 is 6.09 Å². The zero-order valence-corrected chi connectivity index (χ0v) is 10.6. The summed E-state index contributed by atoms with van der Waals surface area (Å²) in [5, 5.41) is -0.424. The van der Waals surface area contributed by atoms with Crippen molar-refractivity contribution in [3.05, 3.63) is 0 Å². The Kier molecular flexibility index (Phi) is 4.82. The smallest absolute Gasteiger partial charge is 0.409 e. The summed E-state index contributed by atoms with van der Waals surface area (Å²) < 4.78 is 28.9. The second-order valence-electron chi connectivity index (χ2n) is 3.31. The Morgan fingerprint density at radius 1 is 1.31 bits per heavy atom. The Bertz CT molecular complexity index is 338. The van der Waals surface area contributed by atoms with Gasteiger partial charge in [0.2, 0.25) is 10.0 Å². The van der Waals surface area contributed by atoms with E-state index < -0.39 is 21.3 Å². The summed E-state index contributed by atoms with van der Waals surface area (Å²) in [5.41, 5.74) is 0. The maximum absolute atomic E-state index is 11.4. The number of rotatable bonds is 3. The number of carbonyl (C=O) groups excluding carboxylic acids is 1. The molecule has 0 aromatic carbocycles. The lowest BCUT2D eigenvalue weighted by Crippen LogP contribution is -2.50. The van der Waals surface area contributed by atoms with Crippen molar-refractivity contribution in [2.75, 3.05) is 38.0 Å². The van der Waals surface area contributed by atoms with Crippen LogP contribution in [0, 0.1) is 0 Å². The van der Waals surface area contributed by atoms with Gasteiger partial charge in [0, 0.05) is 26.2 Å². The van der Waals surface area contributed by atoms with E-state index in [2.05, 4.69) is 0 Å². The maximum Gasteiger partial charge on any atom is 0.409 e. The van der Waals surface area contributed by atoms with Crippen LogP contribution in [-0.2, 0) is 14.8 Å². The third kappa shape index (κ3) is 3.23. The highest BCUT2D eigenvalue weighted by Crippen LogP contribution is 2.09. The van der Waals surface area contributed by atoms with Crippen molar-refractivity contribution in [1.29, 1.82) is 0 Å². The summed E-state index contributed by atoms with van der Waals surface area (Å²) in [7, 11) is -3.36. The zero-order valence-electron chi connectivity index (χ0n) is 9.06. The van der Waals surface area contributed by atoms with Gasteiger partial charge in [-0.05, 0) is 6.92 Å². The lowest BCUT2D eigenvalue weighted by Gasteiger charge is -2.32. The molecule has 0 aromatic rings. The fourth-order valence-corrected chi connectivity index (χ4v) is 2.70. The molecule has 6 nitrogen and oxygen atoms in total. The van der Waals surface area contributed by atoms with Gasteiger partial charge < -0.3 is 9.64 Å². The maximum atomic E-state index is 11.4. The molecule has 0 unspecified atom stereocenters. The summed E-state index contributed by atoms with van der Waals surface area (Å²) in [5.74, 6) is 0. The number of piperazine rings is 1. The molecule has 1 aliphatic heterocycles. The molecule has 0 saturated carbocycles. The van der Waals surface area contributed by atoms with Crippen molar-refractivity contribution < 1.29 is 17.9 Å². The van der Waals surface area contributed by atoms with E-state index in [0.717, 1.165) is 0 Å². The molecule has 1 amide bonds. The summed E-state index contributed by atoms with van der Waals surface area (Å²) in [6, 6.07) is 0. The van der Waals surface area contributed by atoms with E-state index in [1.807, 2.05) is 0 Å². The van der Waals surface area contributed by atoms with Crippen molar-refractivity contribution in [3.8, 4) is 0 Å². The molecular weight excluding hydrogens is 256 g/mol. The number of hydrogen-bond donors (Lipinski definition) is 0. The lowest BCUT2D eigenvalue weighted by molar-refractivity contribution is 0.0935. The second kappa shape index (κ2) is 5.70. The highest BCUT2D eigenvalue weighted by atomic mass is 35.5. The number of ether oxygens (including phenoxy) is 1. The Morgan fingerprint density at radius 3 is 2.31 bits per heavy atom. The highest BCUT2D eigenvalue weighted by Gasteiger charge is 2.28. The Labute approximate surface area is 100 Å². The van der Waals surface area contributed by atoms with Gasteiger partial charge in [0.15, 0.2) is 0 Å². The normalized spacial score (nSPS) is 18.5. The monoisotopic (exact) mass is 270 g/mol. The quantitative estimate of drug-likeness (QED) is 0.691. The third-order valence-electron chi connectivity index (χ3n) is 2.30. The fourth-order valence-electron chi connectivity index (χ4n) is 1.43. The molecule has 0 aliphatic carbocycles. The van der Waals surface area contributed by atoms with E-state index in [1.165, 1.54) is 9.21 Å². The minimum absolute atomic E-state index is 0.272. The average molecular weight is 271 g/mol. The zero-order chi connectivity index (χ0) is 12.2. The van der Waals surface area contributed by atoms with Crippen LogP contribution < -0.4 is 0 Å². The first-order valence-electron chi connectivity index (χ1n) is 4.96. The van der Waals surface area contributed by atoms with E-state index in [0.29, 0.717) is 19.7 Å². The second-order valence-corrected chi connectivity index (χ2v) is 5.86. The van der Waals surface area contributed by atoms with Crippen LogP contribution in [0.2, 0.25) is 0 Å². The van der Waals surface area contributed by atoms with Gasteiger partial charge in [-0.25, -0.2) is 13.2 Å². The van der Waals surface area contributed by atoms with Crippen LogP contribution in [0.15, 0.2) is 0 Å². The van der Waals surface area contributed by atoms with Crippen LogP contribution in [0.1, 0.15) is 6.92 Å². The largest absolute Gasteiger partial charge is 0.450 e. The van der Waals surface area contributed by atoms with E-state index in [9.17, 15) is 13.2 Å². The number of amides is 1. The van der Waals surface area contributed by atoms with E-state index in [4.69, 9.17) is 16.3 Å². The number of hydrogen-bond acceptors (Lipinski definition) is 4. The van der Waals surface area contributed by atoms with Crippen molar-refractivity contribution in [2.45, 2.75) is 6.92 Å². The van der Waals surface area contributed by atoms with Crippen LogP contribution in [0.25, 0.3) is 0 Å². The van der Waals surface area contributed by atoms with Crippen LogP contribution in [0.3, 0.4) is 0 Å². The summed E-state index contributed by atoms with van der Waals surface area (Å²) >= 11 is 5.34. The molecule has 0 radical (unpaired) electrons. The molecule has 8 heteroatoms. The van der Waals surface area contributed by atoms with Crippen LogP contribution in [0.5, 0.6) is 0 Å². The van der Waals surface area contributed by atoms with Gasteiger partial charge in [0.05, 0.1) is 6.61 Å². The number of alkyl halides is 1. The van der Waals surface area contributed by atoms with Crippen molar-refractivity contribution in [2.24, 2.45) is 0 Å². The number of carbonyl (C=O) groups is 1. The molecular formula is C8H15ClN2O4S. The van der Waals surface area contributed by atoms with E-state index >= 15 is 0 Å². The molecule has 1 saturated heterocycles. The molecule has 0 atom stereocenters. The van der Waals surface area contributed by atoms with Gasteiger partial charge in [-0.3, -0.25) is 0 Å². The van der Waals surface area contributed by atoms with Crippen LogP contribution in [0.4, 0.5) is 4.79 Å². The van der Waals surface area contributed by atoms with Crippen LogP contribution in [-0.4, -0.2) is 61.7 Å². The number of sulfonamides is 1. The predicted molar refractivity (Wildman–Crippen MR) is 59.8 cm³/mol. The van der Waals surface area contributed by atoms with Gasteiger partial charge in [-0.2, -0.15) is 4.31 Å². The first-order chi connectivity index (χ1) is 7.51. The van der Waals surface area contributed by atoms with Crippen molar-refractivity contribution >= 4 is 27.7 Å². The molecule has 1 fully saturated rings. The highest BCUT2D eigenvalue weighted by molar-refractivity contribution is 7.90. The number of nitrogens with zero attached hydrogens (tertiary/aromatic N) is 2. The molecule has 94 valence electrons. The molecule has 0 aromatic heterocycles. The fraction of sp³-hybridized carbons (Fsp3) is 0.875. The first kappa shape index (κ1) is 13.5. The first-order valence-corrected chi connectivity index (χ1v) is 7.11. The molecule has 1 aliphatic rings. The van der Waals surface area contributed by atoms with E-state index in [1.54, 1.807) is 6.92 Å². The van der Waals surface area contributed by atoms with E-state index in [-0.39, 0.29) is 13.1 Å². The van der Waals surface area contributed by atoms with Gasteiger partial charge in [-0.1, -0.05) is 0 Å². The van der Waals surface area contributed by atoms with Gasteiger partial charge in [-0.15, -0.1) is 11.6 Å². The molecule has 16 heavy (non-hydrogen) atoms. The predicted octanol–water partition coefficient (Wildman–Crippen LogP) is 0.287. The minimum Gasteiger partial charge on any atom is -0.450 e. The summed E-state index contributed by atoms with van der Waals surface area (Å²) in [6.07, 6.45) is -0.398. The van der Waals surface area contributed by atoms with Crippen molar-refractivity contribution in [1.82, 2.24) is 9.21 Å². The Morgan fingerprint density at radius 2 is 1.88 bits per heavy atom. The van der Waals surface area contributed by atoms with Crippen LogP contribution >= 0.6 is 11.6 Å². The topological polar surface area (TPSA) is 66.9 Å². The summed E-state index contributed by atoms with van der Waals surface area (Å²) in [4.78, 5) is 12.8. The molecule has 0 bridgehead atoms. The summed E-state index contributed by atoms with van der Waals surface area (Å²) in [6.45, 7) is 3.27. The van der Waals surface area contributed by atoms with Gasteiger partial charge in [0.1, 0.15) is 5.21 Å². The third-order valence-corrected chi connectivity index (χ3v) is 4.55. The molecule has 0 N–H and O–H groups in total. The van der Waals surface area contributed by atoms with Crippen molar-refractivity contribution in [3.63, 3.8) is 0 Å². The average Bonchev–Trinajstić information content (AvgIpc) is 2.29. The minimum atomic E-state index is -3.36. The Hall–Kier alpha value is -0.530. The Balaban J connectivity index is 2.49. The molecule has 1 rings (SSSR count). The number of halogens is 1. The SMILES string of the molecule is CCOC(=O)N1CCN(S(=O)(=O)CCl)CC1. The molecule has 1 heterocycles. The lowest BCUT2D eigenvalue weighted by atomic mass is 10.4.